The summed E-state index contributed by atoms with van der Waals surface area (Å²) in [5.41, 5.74) is 3.46. The molecule has 0 saturated carbocycles. The first-order chi connectivity index (χ1) is 19.0. The van der Waals surface area contributed by atoms with E-state index in [-0.39, 0.29) is 17.2 Å². The third kappa shape index (κ3) is 5.23. The topological polar surface area (TPSA) is 63.1 Å². The Hall–Kier alpha value is -4.59. The van der Waals surface area contributed by atoms with Gasteiger partial charge in [0.15, 0.2) is 0 Å². The summed E-state index contributed by atoms with van der Waals surface area (Å²) in [5.74, 6) is -0.437. The number of aromatic nitrogens is 3. The van der Waals surface area contributed by atoms with Crippen molar-refractivity contribution in [2.45, 2.75) is 25.3 Å². The largest absolute Gasteiger partial charge is 0.372 e. The SMILES string of the molecule is O=c1ccc2cnc(Nc3ccc(N4CCCCC4)cc3)nc2n1C(c1ccc(F)cc1)c1ccc(F)cc1. The number of hydrogen-bond acceptors (Lipinski definition) is 5. The van der Waals surface area contributed by atoms with Crippen molar-refractivity contribution in [2.24, 2.45) is 0 Å². The van der Waals surface area contributed by atoms with Gasteiger partial charge in [-0.15, -0.1) is 0 Å². The van der Waals surface area contributed by atoms with E-state index < -0.39 is 6.04 Å². The second kappa shape index (κ2) is 10.6. The van der Waals surface area contributed by atoms with E-state index in [9.17, 15) is 13.6 Å². The molecule has 5 aromatic rings. The van der Waals surface area contributed by atoms with Crippen LogP contribution < -0.4 is 15.8 Å². The van der Waals surface area contributed by atoms with Gasteiger partial charge >= 0.3 is 0 Å². The zero-order valence-electron chi connectivity index (χ0n) is 21.2. The minimum atomic E-state index is -0.658. The summed E-state index contributed by atoms with van der Waals surface area (Å²) < 4.78 is 29.1. The molecule has 0 spiro atoms. The second-order valence-electron chi connectivity index (χ2n) is 9.74. The molecule has 8 heteroatoms. The Bertz CT molecular complexity index is 1600. The Labute approximate surface area is 224 Å². The number of nitrogens with one attached hydrogen (secondary N) is 1. The fraction of sp³-hybridized carbons (Fsp3) is 0.194. The lowest BCUT2D eigenvalue weighted by Crippen LogP contribution is -2.29. The van der Waals surface area contributed by atoms with Crippen LogP contribution in [0.2, 0.25) is 0 Å². The molecule has 0 atom stereocenters. The van der Waals surface area contributed by atoms with Gasteiger partial charge in [0.1, 0.15) is 17.3 Å². The molecule has 3 aromatic carbocycles. The summed E-state index contributed by atoms with van der Waals surface area (Å²) in [6, 6.07) is 22.5. The van der Waals surface area contributed by atoms with Gasteiger partial charge in [-0.3, -0.25) is 9.36 Å². The molecule has 1 N–H and O–H groups in total. The zero-order chi connectivity index (χ0) is 26.8. The van der Waals surface area contributed by atoms with Crippen LogP contribution in [-0.2, 0) is 0 Å². The third-order valence-corrected chi connectivity index (χ3v) is 7.14. The van der Waals surface area contributed by atoms with Gasteiger partial charge in [0.25, 0.3) is 5.56 Å². The van der Waals surface area contributed by atoms with Gasteiger partial charge in [-0.1, -0.05) is 24.3 Å². The Balaban J connectivity index is 1.40. The van der Waals surface area contributed by atoms with Crippen molar-refractivity contribution in [2.75, 3.05) is 23.3 Å². The van der Waals surface area contributed by atoms with E-state index >= 15 is 0 Å². The lowest BCUT2D eigenvalue weighted by molar-refractivity contribution is 0.578. The average Bonchev–Trinajstić information content (AvgIpc) is 2.97. The van der Waals surface area contributed by atoms with Crippen LogP contribution in [0.1, 0.15) is 36.4 Å². The highest BCUT2D eigenvalue weighted by Gasteiger charge is 2.21. The molecule has 0 bridgehead atoms. The van der Waals surface area contributed by atoms with Crippen LogP contribution in [0.3, 0.4) is 0 Å². The number of pyridine rings is 1. The van der Waals surface area contributed by atoms with Crippen LogP contribution in [0, 0.1) is 11.6 Å². The maximum Gasteiger partial charge on any atom is 0.253 e. The number of benzene rings is 3. The van der Waals surface area contributed by atoms with Crippen molar-refractivity contribution in [1.29, 1.82) is 0 Å². The number of piperidine rings is 1. The first-order valence-corrected chi connectivity index (χ1v) is 13.1. The van der Waals surface area contributed by atoms with Gasteiger partial charge in [-0.05, 0) is 85.0 Å². The molecule has 6 nitrogen and oxygen atoms in total. The van der Waals surface area contributed by atoms with Crippen LogP contribution in [0.15, 0.2) is 95.9 Å². The van der Waals surface area contributed by atoms with Crippen molar-refractivity contribution in [1.82, 2.24) is 14.5 Å². The van der Waals surface area contributed by atoms with E-state index in [0.29, 0.717) is 28.1 Å². The molecule has 3 heterocycles. The van der Waals surface area contributed by atoms with E-state index in [4.69, 9.17) is 4.98 Å². The van der Waals surface area contributed by atoms with Crippen molar-refractivity contribution >= 4 is 28.4 Å². The highest BCUT2D eigenvalue weighted by Crippen LogP contribution is 2.29. The molecule has 1 saturated heterocycles. The van der Waals surface area contributed by atoms with E-state index in [1.165, 1.54) is 55.3 Å². The van der Waals surface area contributed by atoms with Gasteiger partial charge in [0.2, 0.25) is 5.95 Å². The minimum Gasteiger partial charge on any atom is -0.372 e. The number of fused-ring (bicyclic) bond motifs is 1. The molecule has 0 radical (unpaired) electrons. The maximum atomic E-state index is 13.8. The molecule has 196 valence electrons. The van der Waals surface area contributed by atoms with Crippen molar-refractivity contribution < 1.29 is 8.78 Å². The first kappa shape index (κ1) is 24.7. The zero-order valence-corrected chi connectivity index (χ0v) is 21.2. The number of halogens is 2. The highest BCUT2D eigenvalue weighted by atomic mass is 19.1. The Morgan fingerprint density at radius 2 is 1.36 bits per heavy atom. The van der Waals surface area contributed by atoms with Crippen LogP contribution >= 0.6 is 0 Å². The van der Waals surface area contributed by atoms with Gasteiger partial charge in [-0.25, -0.2) is 13.8 Å². The predicted molar refractivity (Wildman–Crippen MR) is 150 cm³/mol. The van der Waals surface area contributed by atoms with E-state index in [2.05, 4.69) is 27.3 Å². The first-order valence-electron chi connectivity index (χ1n) is 13.1. The van der Waals surface area contributed by atoms with Crippen LogP contribution in [0.4, 0.5) is 26.1 Å². The van der Waals surface area contributed by atoms with Crippen LogP contribution in [0.25, 0.3) is 11.0 Å². The van der Waals surface area contributed by atoms with Crippen LogP contribution in [-0.4, -0.2) is 27.6 Å². The van der Waals surface area contributed by atoms with Gasteiger partial charge in [0, 0.05) is 42.1 Å². The smallest absolute Gasteiger partial charge is 0.253 e. The molecule has 0 amide bonds. The monoisotopic (exact) mass is 523 g/mol. The molecule has 1 fully saturated rings. The Kier molecular flexibility index (Phi) is 6.75. The van der Waals surface area contributed by atoms with E-state index in [0.717, 1.165) is 18.8 Å². The lowest BCUT2D eigenvalue weighted by atomic mass is 9.98. The quantitative estimate of drug-likeness (QED) is 0.278. The molecule has 1 aliphatic heterocycles. The maximum absolute atomic E-state index is 13.8. The molecule has 39 heavy (non-hydrogen) atoms. The standard InChI is InChI=1S/C31H27F2N5O/c32-24-9-4-21(5-10-24)29(22-6-11-25(33)12-7-22)38-28(39)17-8-23-20-34-31(36-30(23)38)35-26-13-15-27(16-14-26)37-18-2-1-3-19-37/h4-17,20,29H,1-3,18-19H2,(H,34,35,36). The second-order valence-corrected chi connectivity index (χ2v) is 9.74. The highest BCUT2D eigenvalue weighted by molar-refractivity contribution is 5.76. The summed E-state index contributed by atoms with van der Waals surface area (Å²) in [6.07, 6.45) is 5.37. The summed E-state index contributed by atoms with van der Waals surface area (Å²) in [7, 11) is 0. The molecular formula is C31H27F2N5O. The summed E-state index contributed by atoms with van der Waals surface area (Å²) in [6.45, 7) is 2.14. The summed E-state index contributed by atoms with van der Waals surface area (Å²) >= 11 is 0. The normalized spacial score (nSPS) is 13.7. The minimum absolute atomic E-state index is 0.295. The third-order valence-electron chi connectivity index (χ3n) is 7.14. The number of anilines is 3. The fourth-order valence-electron chi connectivity index (χ4n) is 5.17. The van der Waals surface area contributed by atoms with Crippen LogP contribution in [0.5, 0.6) is 0 Å². The van der Waals surface area contributed by atoms with Gasteiger partial charge in [0.05, 0.1) is 6.04 Å². The molecule has 2 aromatic heterocycles. The molecule has 0 unspecified atom stereocenters. The Morgan fingerprint density at radius 3 is 1.97 bits per heavy atom. The summed E-state index contributed by atoms with van der Waals surface area (Å²) in [4.78, 5) is 24.9. The fourth-order valence-corrected chi connectivity index (χ4v) is 5.17. The van der Waals surface area contributed by atoms with E-state index in [1.54, 1.807) is 41.1 Å². The molecule has 6 rings (SSSR count). The van der Waals surface area contributed by atoms with Crippen molar-refractivity contribution in [3.05, 3.63) is 124 Å². The van der Waals surface area contributed by atoms with E-state index in [1.807, 2.05) is 12.1 Å². The number of rotatable bonds is 6. The molecular weight excluding hydrogens is 496 g/mol. The number of nitrogens with zero attached hydrogens (tertiary/aromatic N) is 4. The molecule has 1 aliphatic rings. The average molecular weight is 524 g/mol. The Morgan fingerprint density at radius 1 is 0.744 bits per heavy atom. The van der Waals surface area contributed by atoms with Gasteiger partial charge in [-0.2, -0.15) is 4.98 Å². The van der Waals surface area contributed by atoms with Crippen molar-refractivity contribution in [3.63, 3.8) is 0 Å². The van der Waals surface area contributed by atoms with Gasteiger partial charge < -0.3 is 10.2 Å². The predicted octanol–water partition coefficient (Wildman–Crippen LogP) is 6.44. The lowest BCUT2D eigenvalue weighted by Gasteiger charge is -2.28. The van der Waals surface area contributed by atoms with Crippen molar-refractivity contribution in [3.8, 4) is 0 Å². The number of hydrogen-bond donors (Lipinski definition) is 1. The molecule has 0 aliphatic carbocycles. The summed E-state index contributed by atoms with van der Waals surface area (Å²) in [5, 5.41) is 3.91.